The second-order valence-corrected chi connectivity index (χ2v) is 11.9. The van der Waals surface area contributed by atoms with Gasteiger partial charge in [0.15, 0.2) is 0 Å². The van der Waals surface area contributed by atoms with Gasteiger partial charge in [-0.25, -0.2) is 16.8 Å². The molecule has 192 valence electrons. The highest BCUT2D eigenvalue weighted by molar-refractivity contribution is 7.92. The van der Waals surface area contributed by atoms with Crippen molar-refractivity contribution in [2.75, 3.05) is 50.5 Å². The predicted octanol–water partition coefficient (Wildman–Crippen LogP) is 1.83. The highest BCUT2D eigenvalue weighted by Gasteiger charge is 2.25. The van der Waals surface area contributed by atoms with Crippen LogP contribution in [-0.2, 0) is 24.8 Å². The summed E-state index contributed by atoms with van der Waals surface area (Å²) in [5, 5.41) is 2.63. The van der Waals surface area contributed by atoms with E-state index in [-0.39, 0.29) is 24.6 Å². The molecule has 0 bridgehead atoms. The van der Waals surface area contributed by atoms with E-state index in [1.165, 1.54) is 23.5 Å². The van der Waals surface area contributed by atoms with Crippen LogP contribution >= 0.6 is 0 Å². The molecule has 1 N–H and O–H groups in total. The molecule has 0 atom stereocenters. The average molecular weight is 526 g/mol. The summed E-state index contributed by atoms with van der Waals surface area (Å²) >= 11 is 0. The molecule has 3 rings (SSSR count). The Bertz CT molecular complexity index is 1190. The quantitative estimate of drug-likeness (QED) is 0.444. The van der Waals surface area contributed by atoms with Crippen LogP contribution in [0.5, 0.6) is 11.5 Å². The van der Waals surface area contributed by atoms with Crippen molar-refractivity contribution in [3.63, 3.8) is 0 Å². The number of rotatable bonds is 11. The fraction of sp³-hybridized carbons (Fsp3) is 0.435. The van der Waals surface area contributed by atoms with Gasteiger partial charge in [-0.05, 0) is 61.4 Å². The lowest BCUT2D eigenvalue weighted by Gasteiger charge is -2.25. The van der Waals surface area contributed by atoms with Crippen LogP contribution in [0.15, 0.2) is 53.4 Å². The summed E-state index contributed by atoms with van der Waals surface area (Å²) in [6.07, 6.45) is 3.81. The van der Waals surface area contributed by atoms with Gasteiger partial charge in [0.1, 0.15) is 24.7 Å². The molecule has 1 aliphatic heterocycles. The van der Waals surface area contributed by atoms with Gasteiger partial charge >= 0.3 is 0 Å². The van der Waals surface area contributed by atoms with Gasteiger partial charge in [-0.15, -0.1) is 0 Å². The summed E-state index contributed by atoms with van der Waals surface area (Å²) in [7, 11) is -5.68. The Kier molecular flexibility index (Phi) is 8.98. The first kappa shape index (κ1) is 26.8. The molecular formula is C23H31N3O7S2. The molecule has 35 heavy (non-hydrogen) atoms. The van der Waals surface area contributed by atoms with Gasteiger partial charge in [0, 0.05) is 13.1 Å². The Morgan fingerprint density at radius 1 is 0.943 bits per heavy atom. The summed E-state index contributed by atoms with van der Waals surface area (Å²) < 4.78 is 63.0. The smallest absolute Gasteiger partial charge is 0.243 e. The summed E-state index contributed by atoms with van der Waals surface area (Å²) in [6, 6.07) is 12.5. The van der Waals surface area contributed by atoms with Crippen molar-refractivity contribution < 1.29 is 31.1 Å². The molecule has 0 aliphatic carbocycles. The molecule has 1 fully saturated rings. The van der Waals surface area contributed by atoms with Gasteiger partial charge in [-0.3, -0.25) is 9.10 Å². The Morgan fingerprint density at radius 2 is 1.54 bits per heavy atom. The molecule has 0 spiro atoms. The average Bonchev–Trinajstić information content (AvgIpc) is 2.85. The Morgan fingerprint density at radius 3 is 2.11 bits per heavy atom. The molecule has 1 amide bonds. The maximum Gasteiger partial charge on any atom is 0.243 e. The molecular weight excluding hydrogens is 494 g/mol. The first-order valence-electron chi connectivity index (χ1n) is 11.2. The van der Waals surface area contributed by atoms with Crippen molar-refractivity contribution in [2.24, 2.45) is 0 Å². The number of ether oxygens (including phenoxy) is 2. The maximum atomic E-state index is 12.7. The fourth-order valence-electron chi connectivity index (χ4n) is 3.66. The zero-order valence-corrected chi connectivity index (χ0v) is 21.5. The summed E-state index contributed by atoms with van der Waals surface area (Å²) in [6.45, 7) is 0.970. The van der Waals surface area contributed by atoms with Crippen molar-refractivity contribution >= 4 is 31.6 Å². The molecule has 2 aromatic rings. The van der Waals surface area contributed by atoms with Crippen molar-refractivity contribution in [1.82, 2.24) is 9.62 Å². The van der Waals surface area contributed by atoms with E-state index >= 15 is 0 Å². The van der Waals surface area contributed by atoms with E-state index < -0.39 is 26.0 Å². The van der Waals surface area contributed by atoms with Gasteiger partial charge in [0.2, 0.25) is 26.0 Å². The molecule has 0 unspecified atom stereocenters. The largest absolute Gasteiger partial charge is 0.497 e. The second-order valence-electron chi connectivity index (χ2n) is 8.10. The van der Waals surface area contributed by atoms with Crippen LogP contribution in [-0.4, -0.2) is 73.2 Å². The number of nitrogens with zero attached hydrogens (tertiary/aromatic N) is 2. The van der Waals surface area contributed by atoms with Crippen LogP contribution in [0.3, 0.4) is 0 Å². The van der Waals surface area contributed by atoms with E-state index in [2.05, 4.69) is 5.32 Å². The van der Waals surface area contributed by atoms with Gasteiger partial charge in [0.05, 0.1) is 30.5 Å². The number of nitrogens with one attached hydrogen (secondary N) is 1. The first-order chi connectivity index (χ1) is 16.6. The lowest BCUT2D eigenvalue weighted by Crippen LogP contribution is -2.41. The van der Waals surface area contributed by atoms with Gasteiger partial charge in [-0.2, -0.15) is 4.31 Å². The number of piperidine rings is 1. The number of sulfonamides is 2. The summed E-state index contributed by atoms with van der Waals surface area (Å²) in [5.41, 5.74) is 0.347. The lowest BCUT2D eigenvalue weighted by molar-refractivity contribution is -0.119. The molecule has 10 nitrogen and oxygen atoms in total. The Balaban J connectivity index is 1.49. The fourth-order valence-corrected chi connectivity index (χ4v) is 6.03. The zero-order valence-electron chi connectivity index (χ0n) is 19.8. The van der Waals surface area contributed by atoms with Crippen LogP contribution in [0.4, 0.5) is 5.69 Å². The number of amides is 1. The number of hydrogen-bond donors (Lipinski definition) is 1. The van der Waals surface area contributed by atoms with Crippen molar-refractivity contribution in [2.45, 2.75) is 24.2 Å². The molecule has 1 heterocycles. The van der Waals surface area contributed by atoms with Crippen LogP contribution in [0.2, 0.25) is 0 Å². The van der Waals surface area contributed by atoms with Gasteiger partial charge in [0.25, 0.3) is 0 Å². The number of hydrogen-bond acceptors (Lipinski definition) is 7. The standard InChI is InChI=1S/C23H31N3O7S2/c1-32-20-8-6-19(7-9-20)26(34(2,28)29)18-23(27)24-14-17-33-21-10-12-22(13-11-21)35(30,31)25-15-4-3-5-16-25/h6-13H,3-5,14-18H2,1-2H3,(H,24,27). The van der Waals surface area contributed by atoms with E-state index in [0.29, 0.717) is 30.3 Å². The number of benzene rings is 2. The molecule has 0 aromatic heterocycles. The molecule has 12 heteroatoms. The minimum atomic E-state index is -3.68. The number of methoxy groups -OCH3 is 1. The van der Waals surface area contributed by atoms with E-state index in [0.717, 1.165) is 29.8 Å². The molecule has 2 aromatic carbocycles. The van der Waals surface area contributed by atoms with Crippen LogP contribution in [0.1, 0.15) is 19.3 Å². The summed E-state index contributed by atoms with van der Waals surface area (Å²) in [4.78, 5) is 12.6. The highest BCUT2D eigenvalue weighted by Crippen LogP contribution is 2.23. The van der Waals surface area contributed by atoms with Crippen molar-refractivity contribution in [3.05, 3.63) is 48.5 Å². The Hall–Kier alpha value is -2.83. The zero-order chi connectivity index (χ0) is 25.5. The monoisotopic (exact) mass is 525 g/mol. The third-order valence-corrected chi connectivity index (χ3v) is 8.57. The number of carbonyl (C=O) groups excluding carboxylic acids is 1. The van der Waals surface area contributed by atoms with Crippen LogP contribution in [0.25, 0.3) is 0 Å². The SMILES string of the molecule is COc1ccc(N(CC(=O)NCCOc2ccc(S(=O)(=O)N3CCCCC3)cc2)S(C)(=O)=O)cc1. The topological polar surface area (TPSA) is 122 Å². The minimum Gasteiger partial charge on any atom is -0.497 e. The second kappa shape index (κ2) is 11.7. The third-order valence-electron chi connectivity index (χ3n) is 5.52. The third kappa shape index (κ3) is 7.33. The molecule has 0 saturated carbocycles. The van der Waals surface area contributed by atoms with E-state index in [1.54, 1.807) is 36.4 Å². The van der Waals surface area contributed by atoms with E-state index in [9.17, 15) is 21.6 Å². The molecule has 1 saturated heterocycles. The normalized spacial score (nSPS) is 14.8. The Labute approximate surface area is 206 Å². The van der Waals surface area contributed by atoms with Crippen molar-refractivity contribution in [1.29, 1.82) is 0 Å². The van der Waals surface area contributed by atoms with E-state index in [4.69, 9.17) is 9.47 Å². The van der Waals surface area contributed by atoms with Gasteiger partial charge in [-0.1, -0.05) is 6.42 Å². The molecule has 1 aliphatic rings. The number of anilines is 1. The highest BCUT2D eigenvalue weighted by atomic mass is 32.2. The van der Waals surface area contributed by atoms with Gasteiger partial charge < -0.3 is 14.8 Å². The lowest BCUT2D eigenvalue weighted by atomic mass is 10.2. The minimum absolute atomic E-state index is 0.130. The molecule has 0 radical (unpaired) electrons. The predicted molar refractivity (Wildman–Crippen MR) is 133 cm³/mol. The van der Waals surface area contributed by atoms with Crippen molar-refractivity contribution in [3.8, 4) is 11.5 Å². The first-order valence-corrected chi connectivity index (χ1v) is 14.5. The number of carbonyl (C=O) groups is 1. The van der Waals surface area contributed by atoms with E-state index in [1.807, 2.05) is 0 Å². The van der Waals surface area contributed by atoms with Crippen LogP contribution in [0, 0.1) is 0 Å². The summed E-state index contributed by atoms with van der Waals surface area (Å²) in [5.74, 6) is 0.548. The maximum absolute atomic E-state index is 12.7. The van der Waals surface area contributed by atoms with Crippen LogP contribution < -0.4 is 19.1 Å².